The fraction of sp³-hybridized carbons (Fsp3) is 0.708. The Hall–Kier alpha value is -1.59. The van der Waals surface area contributed by atoms with Crippen LogP contribution >= 0.6 is 0 Å². The van der Waals surface area contributed by atoms with Crippen molar-refractivity contribution in [2.45, 2.75) is 77.0 Å². The molecule has 1 aromatic carbocycles. The molecule has 2 fully saturated rings. The van der Waals surface area contributed by atoms with Gasteiger partial charge in [-0.1, -0.05) is 56.4 Å². The van der Waals surface area contributed by atoms with Crippen molar-refractivity contribution in [1.82, 2.24) is 15.5 Å². The molecule has 29 heavy (non-hydrogen) atoms. The number of hydrogen-bond donors (Lipinski definition) is 3. The molecule has 0 atom stereocenters. The van der Waals surface area contributed by atoms with E-state index in [4.69, 9.17) is 0 Å². The van der Waals surface area contributed by atoms with Crippen LogP contribution in [0.25, 0.3) is 0 Å². The monoisotopic (exact) mass is 400 g/mol. The Balaban J connectivity index is 1.32. The van der Waals surface area contributed by atoms with Gasteiger partial charge in [-0.2, -0.15) is 0 Å². The van der Waals surface area contributed by atoms with Gasteiger partial charge in [-0.15, -0.1) is 0 Å². The molecule has 0 bridgehead atoms. The average Bonchev–Trinajstić information content (AvgIpc) is 2.76. The number of benzene rings is 1. The molecule has 0 aromatic heterocycles. The van der Waals surface area contributed by atoms with Gasteiger partial charge in [0.15, 0.2) is 5.96 Å². The standard InChI is InChI=1S/C24H40N4O/c1-25-24(26-15-5-8-20-6-3-2-4-7-20)27-18-21-9-11-22(12-10-21)19-28-16-13-23(29)14-17-28/h9-12,20,23,29H,2-8,13-19H2,1H3,(H2,25,26,27). The third-order valence-corrected chi connectivity index (χ3v) is 6.48. The molecule has 5 nitrogen and oxygen atoms in total. The summed E-state index contributed by atoms with van der Waals surface area (Å²) in [6, 6.07) is 8.86. The molecule has 0 radical (unpaired) electrons. The Morgan fingerprint density at radius 3 is 2.38 bits per heavy atom. The van der Waals surface area contributed by atoms with E-state index in [0.29, 0.717) is 0 Å². The maximum absolute atomic E-state index is 9.63. The highest BCUT2D eigenvalue weighted by Gasteiger charge is 2.16. The number of likely N-dealkylation sites (tertiary alicyclic amines) is 1. The summed E-state index contributed by atoms with van der Waals surface area (Å²) in [4.78, 5) is 6.79. The van der Waals surface area contributed by atoms with Crippen LogP contribution in [0.1, 0.15) is 68.9 Å². The Kier molecular flexibility index (Phi) is 9.29. The highest BCUT2D eigenvalue weighted by Crippen LogP contribution is 2.26. The van der Waals surface area contributed by atoms with Gasteiger partial charge in [0.2, 0.25) is 0 Å². The highest BCUT2D eigenvalue weighted by molar-refractivity contribution is 5.79. The van der Waals surface area contributed by atoms with Crippen LogP contribution in [0.3, 0.4) is 0 Å². The minimum absolute atomic E-state index is 0.102. The highest BCUT2D eigenvalue weighted by atomic mass is 16.3. The van der Waals surface area contributed by atoms with Crippen LogP contribution in [-0.4, -0.2) is 48.8 Å². The lowest BCUT2D eigenvalue weighted by Gasteiger charge is -2.29. The van der Waals surface area contributed by atoms with E-state index in [1.807, 2.05) is 7.05 Å². The van der Waals surface area contributed by atoms with Gasteiger partial charge in [0.25, 0.3) is 0 Å². The van der Waals surface area contributed by atoms with Crippen LogP contribution in [0.5, 0.6) is 0 Å². The second-order valence-electron chi connectivity index (χ2n) is 8.82. The number of rotatable bonds is 8. The number of hydrogen-bond acceptors (Lipinski definition) is 3. The molecular weight excluding hydrogens is 360 g/mol. The largest absolute Gasteiger partial charge is 0.393 e. The summed E-state index contributed by atoms with van der Waals surface area (Å²) in [5.74, 6) is 1.85. The molecule has 0 spiro atoms. The van der Waals surface area contributed by atoms with Crippen molar-refractivity contribution in [3.63, 3.8) is 0 Å². The Morgan fingerprint density at radius 1 is 1.00 bits per heavy atom. The van der Waals surface area contributed by atoms with Gasteiger partial charge in [0.05, 0.1) is 6.10 Å². The first-order chi connectivity index (χ1) is 14.2. The second-order valence-corrected chi connectivity index (χ2v) is 8.82. The van der Waals surface area contributed by atoms with Gasteiger partial charge in [-0.3, -0.25) is 9.89 Å². The molecule has 0 unspecified atom stereocenters. The van der Waals surface area contributed by atoms with E-state index in [1.165, 1.54) is 56.1 Å². The van der Waals surface area contributed by atoms with Gasteiger partial charge < -0.3 is 15.7 Å². The minimum Gasteiger partial charge on any atom is -0.393 e. The van der Waals surface area contributed by atoms with Gasteiger partial charge >= 0.3 is 0 Å². The zero-order valence-electron chi connectivity index (χ0n) is 18.2. The van der Waals surface area contributed by atoms with E-state index >= 15 is 0 Å². The summed E-state index contributed by atoms with van der Waals surface area (Å²) in [5, 5.41) is 16.5. The molecule has 2 aliphatic rings. The molecule has 1 aromatic rings. The lowest BCUT2D eigenvalue weighted by atomic mass is 9.86. The molecule has 1 heterocycles. The Bertz CT molecular complexity index is 602. The van der Waals surface area contributed by atoms with Gasteiger partial charge in [0.1, 0.15) is 0 Å². The summed E-state index contributed by atoms with van der Waals surface area (Å²) in [7, 11) is 1.84. The molecule has 1 aliphatic carbocycles. The van der Waals surface area contributed by atoms with Crippen LogP contribution in [-0.2, 0) is 13.1 Å². The number of aliphatic hydroxyl groups is 1. The number of piperidine rings is 1. The zero-order valence-corrected chi connectivity index (χ0v) is 18.2. The molecule has 3 rings (SSSR count). The molecule has 3 N–H and O–H groups in total. The predicted octanol–water partition coefficient (Wildman–Crippen LogP) is 3.67. The van der Waals surface area contributed by atoms with E-state index in [0.717, 1.165) is 57.4 Å². The van der Waals surface area contributed by atoms with Crippen LogP contribution < -0.4 is 10.6 Å². The minimum atomic E-state index is -0.102. The molecule has 1 saturated carbocycles. The van der Waals surface area contributed by atoms with Crippen LogP contribution in [0.2, 0.25) is 0 Å². The number of nitrogens with one attached hydrogen (secondary N) is 2. The summed E-state index contributed by atoms with van der Waals surface area (Å²) < 4.78 is 0. The zero-order chi connectivity index (χ0) is 20.3. The lowest BCUT2D eigenvalue weighted by molar-refractivity contribution is 0.0792. The SMILES string of the molecule is CN=C(NCCCC1CCCCC1)NCc1ccc(CN2CCC(O)CC2)cc1. The fourth-order valence-corrected chi connectivity index (χ4v) is 4.58. The van der Waals surface area contributed by atoms with E-state index in [-0.39, 0.29) is 6.10 Å². The molecule has 5 heteroatoms. The van der Waals surface area contributed by atoms with Crippen LogP contribution in [0.15, 0.2) is 29.3 Å². The maximum atomic E-state index is 9.63. The third kappa shape index (κ3) is 7.98. The summed E-state index contributed by atoms with van der Waals surface area (Å²) in [6.07, 6.45) is 11.4. The summed E-state index contributed by atoms with van der Waals surface area (Å²) >= 11 is 0. The molecule has 1 saturated heterocycles. The Labute approximate surface area is 177 Å². The number of aliphatic imine (C=N–C) groups is 1. The smallest absolute Gasteiger partial charge is 0.191 e. The van der Waals surface area contributed by atoms with Crippen molar-refractivity contribution in [2.24, 2.45) is 10.9 Å². The first-order valence-electron chi connectivity index (χ1n) is 11.7. The number of guanidine groups is 1. The molecule has 1 aliphatic heterocycles. The van der Waals surface area contributed by atoms with Crippen molar-refractivity contribution < 1.29 is 5.11 Å². The first kappa shape index (κ1) is 22.1. The normalized spacial score (nSPS) is 20.0. The van der Waals surface area contributed by atoms with E-state index in [9.17, 15) is 5.11 Å². The van der Waals surface area contributed by atoms with Crippen LogP contribution in [0.4, 0.5) is 0 Å². The van der Waals surface area contributed by atoms with E-state index in [1.54, 1.807) is 0 Å². The molecule has 0 amide bonds. The number of aliphatic hydroxyl groups excluding tert-OH is 1. The molecular formula is C24H40N4O. The quantitative estimate of drug-likeness (QED) is 0.354. The second kappa shape index (κ2) is 12.2. The van der Waals surface area contributed by atoms with E-state index in [2.05, 4.69) is 44.8 Å². The van der Waals surface area contributed by atoms with Crippen molar-refractivity contribution in [2.75, 3.05) is 26.7 Å². The van der Waals surface area contributed by atoms with Crippen molar-refractivity contribution >= 4 is 5.96 Å². The summed E-state index contributed by atoms with van der Waals surface area (Å²) in [5.41, 5.74) is 2.61. The Morgan fingerprint density at radius 2 is 1.69 bits per heavy atom. The van der Waals surface area contributed by atoms with Gasteiger partial charge in [0, 0.05) is 39.8 Å². The molecule has 162 valence electrons. The fourth-order valence-electron chi connectivity index (χ4n) is 4.58. The first-order valence-corrected chi connectivity index (χ1v) is 11.7. The van der Waals surface area contributed by atoms with E-state index < -0.39 is 0 Å². The van der Waals surface area contributed by atoms with Crippen molar-refractivity contribution in [1.29, 1.82) is 0 Å². The van der Waals surface area contributed by atoms with Crippen molar-refractivity contribution in [3.05, 3.63) is 35.4 Å². The predicted molar refractivity (Wildman–Crippen MR) is 121 cm³/mol. The van der Waals surface area contributed by atoms with Crippen LogP contribution in [0, 0.1) is 5.92 Å². The lowest BCUT2D eigenvalue weighted by Crippen LogP contribution is -2.37. The topological polar surface area (TPSA) is 59.9 Å². The van der Waals surface area contributed by atoms with Gasteiger partial charge in [-0.05, 0) is 42.7 Å². The third-order valence-electron chi connectivity index (χ3n) is 6.48. The van der Waals surface area contributed by atoms with Crippen molar-refractivity contribution in [3.8, 4) is 0 Å². The number of nitrogens with zero attached hydrogens (tertiary/aromatic N) is 2. The van der Waals surface area contributed by atoms with Gasteiger partial charge in [-0.25, -0.2) is 0 Å². The summed E-state index contributed by atoms with van der Waals surface area (Å²) in [6.45, 7) is 4.75. The average molecular weight is 401 g/mol. The maximum Gasteiger partial charge on any atom is 0.191 e.